The van der Waals surface area contributed by atoms with E-state index in [-0.39, 0.29) is 5.69 Å². The molecule has 1 aromatic carbocycles. The van der Waals surface area contributed by atoms with Gasteiger partial charge in [-0.1, -0.05) is 36.8 Å². The first-order valence-electron chi connectivity index (χ1n) is 7.82. The van der Waals surface area contributed by atoms with E-state index < -0.39 is 5.97 Å². The number of carboxylic acid groups (broad SMARTS) is 1. The first kappa shape index (κ1) is 17.0. The van der Waals surface area contributed by atoms with E-state index in [4.69, 9.17) is 4.74 Å². The van der Waals surface area contributed by atoms with Gasteiger partial charge in [0.15, 0.2) is 5.69 Å². The van der Waals surface area contributed by atoms with Crippen LogP contribution in [0.15, 0.2) is 24.3 Å². The van der Waals surface area contributed by atoms with E-state index in [1.54, 1.807) is 4.68 Å². The van der Waals surface area contributed by atoms with Crippen molar-refractivity contribution in [3.05, 3.63) is 41.2 Å². The third-order valence-corrected chi connectivity index (χ3v) is 3.45. The Morgan fingerprint density at radius 1 is 1.30 bits per heavy atom. The van der Waals surface area contributed by atoms with Crippen LogP contribution in [0.5, 0.6) is 5.75 Å². The maximum absolute atomic E-state index is 11.2. The first-order chi connectivity index (χ1) is 11.0. The van der Waals surface area contributed by atoms with Gasteiger partial charge in [0.2, 0.25) is 0 Å². The zero-order valence-electron chi connectivity index (χ0n) is 13.8. The molecular weight excluding hydrogens is 294 g/mol. The maximum atomic E-state index is 11.2. The highest BCUT2D eigenvalue weighted by Crippen LogP contribution is 2.14. The van der Waals surface area contributed by atoms with E-state index in [1.807, 2.05) is 45.0 Å². The normalized spacial score (nSPS) is 11.0. The lowest BCUT2D eigenvalue weighted by molar-refractivity contribution is 0.0689. The fourth-order valence-corrected chi connectivity index (χ4v) is 2.31. The van der Waals surface area contributed by atoms with Gasteiger partial charge in [0.05, 0.1) is 12.3 Å². The Hall–Kier alpha value is -2.37. The van der Waals surface area contributed by atoms with Crippen LogP contribution in [-0.2, 0) is 13.0 Å². The van der Waals surface area contributed by atoms with Crippen LogP contribution in [0.3, 0.4) is 0 Å². The Balaban J connectivity index is 1.92. The number of carbonyl (C=O) groups is 1. The predicted octanol–water partition coefficient (Wildman–Crippen LogP) is 2.95. The molecule has 1 aromatic heterocycles. The van der Waals surface area contributed by atoms with Crippen LogP contribution in [0.4, 0.5) is 0 Å². The number of aromatic nitrogens is 3. The monoisotopic (exact) mass is 317 g/mol. The zero-order chi connectivity index (χ0) is 16.8. The van der Waals surface area contributed by atoms with E-state index in [0.717, 1.165) is 12.2 Å². The molecule has 2 aromatic rings. The second kappa shape index (κ2) is 7.76. The lowest BCUT2D eigenvalue weighted by Crippen LogP contribution is -2.13. The molecule has 1 N–H and O–H groups in total. The molecule has 0 fully saturated rings. The number of ether oxygens (including phenoxy) is 1. The summed E-state index contributed by atoms with van der Waals surface area (Å²) >= 11 is 0. The SMILES string of the molecule is Cc1ccc(OCCCn2nnc(C(=O)O)c2CC(C)C)cc1. The molecule has 0 saturated heterocycles. The molecule has 0 radical (unpaired) electrons. The molecule has 0 aliphatic rings. The van der Waals surface area contributed by atoms with Crippen LogP contribution >= 0.6 is 0 Å². The summed E-state index contributed by atoms with van der Waals surface area (Å²) in [5.41, 5.74) is 1.93. The Kier molecular flexibility index (Phi) is 5.73. The third-order valence-electron chi connectivity index (χ3n) is 3.45. The van der Waals surface area contributed by atoms with Crippen LogP contribution in [0, 0.1) is 12.8 Å². The molecule has 0 unspecified atom stereocenters. The molecular formula is C17H23N3O3. The van der Waals surface area contributed by atoms with Gasteiger partial charge >= 0.3 is 5.97 Å². The van der Waals surface area contributed by atoms with Crippen LogP contribution in [0.1, 0.15) is 42.0 Å². The molecule has 0 bridgehead atoms. The third kappa shape index (κ3) is 4.81. The number of aryl methyl sites for hydroxylation is 2. The summed E-state index contributed by atoms with van der Waals surface area (Å²) < 4.78 is 7.36. The molecule has 0 aliphatic carbocycles. The predicted molar refractivity (Wildman–Crippen MR) is 86.8 cm³/mol. The van der Waals surface area contributed by atoms with Crippen molar-refractivity contribution in [3.63, 3.8) is 0 Å². The van der Waals surface area contributed by atoms with E-state index in [0.29, 0.717) is 31.2 Å². The van der Waals surface area contributed by atoms with Crippen LogP contribution in [0.2, 0.25) is 0 Å². The number of carboxylic acids is 1. The van der Waals surface area contributed by atoms with Gasteiger partial charge in [-0.2, -0.15) is 0 Å². The van der Waals surface area contributed by atoms with Crippen LogP contribution in [0.25, 0.3) is 0 Å². The molecule has 2 rings (SSSR count). The minimum atomic E-state index is -1.03. The molecule has 6 nitrogen and oxygen atoms in total. The topological polar surface area (TPSA) is 77.2 Å². The van der Waals surface area contributed by atoms with Gasteiger partial charge in [-0.05, 0) is 31.4 Å². The molecule has 0 spiro atoms. The average molecular weight is 317 g/mol. The molecule has 124 valence electrons. The molecule has 1 heterocycles. The van der Waals surface area contributed by atoms with Crippen molar-refractivity contribution in [2.24, 2.45) is 5.92 Å². The van der Waals surface area contributed by atoms with Gasteiger partial charge in [0.1, 0.15) is 5.75 Å². The Bertz CT molecular complexity index is 648. The van der Waals surface area contributed by atoms with Gasteiger partial charge in [-0.15, -0.1) is 5.10 Å². The van der Waals surface area contributed by atoms with Crippen molar-refractivity contribution in [2.75, 3.05) is 6.61 Å². The highest BCUT2D eigenvalue weighted by molar-refractivity contribution is 5.86. The Morgan fingerprint density at radius 3 is 2.61 bits per heavy atom. The van der Waals surface area contributed by atoms with E-state index in [2.05, 4.69) is 10.3 Å². The largest absolute Gasteiger partial charge is 0.494 e. The second-order valence-corrected chi connectivity index (χ2v) is 6.03. The van der Waals surface area contributed by atoms with Crippen molar-refractivity contribution < 1.29 is 14.6 Å². The molecule has 23 heavy (non-hydrogen) atoms. The maximum Gasteiger partial charge on any atom is 0.358 e. The van der Waals surface area contributed by atoms with E-state index in [9.17, 15) is 9.90 Å². The summed E-state index contributed by atoms with van der Waals surface area (Å²) in [6.45, 7) is 7.26. The van der Waals surface area contributed by atoms with Crippen molar-refractivity contribution in [2.45, 2.75) is 40.2 Å². The summed E-state index contributed by atoms with van der Waals surface area (Å²) in [6, 6.07) is 7.90. The fraction of sp³-hybridized carbons (Fsp3) is 0.471. The number of nitrogens with zero attached hydrogens (tertiary/aromatic N) is 3. The molecule has 0 aliphatic heterocycles. The van der Waals surface area contributed by atoms with E-state index >= 15 is 0 Å². The lowest BCUT2D eigenvalue weighted by Gasteiger charge is -2.10. The standard InChI is InChI=1S/C17H23N3O3/c1-12(2)11-15-16(17(21)22)18-19-20(15)9-4-10-23-14-7-5-13(3)6-8-14/h5-8,12H,4,9-11H2,1-3H3,(H,21,22). The van der Waals surface area contributed by atoms with E-state index in [1.165, 1.54) is 5.56 Å². The zero-order valence-corrected chi connectivity index (χ0v) is 13.8. The summed E-state index contributed by atoms with van der Waals surface area (Å²) in [7, 11) is 0. The van der Waals surface area contributed by atoms with Gasteiger partial charge in [0, 0.05) is 13.0 Å². The van der Waals surface area contributed by atoms with Crippen LogP contribution < -0.4 is 4.74 Å². The van der Waals surface area contributed by atoms with Crippen molar-refractivity contribution in [1.29, 1.82) is 0 Å². The van der Waals surface area contributed by atoms with Crippen LogP contribution in [-0.4, -0.2) is 32.7 Å². The van der Waals surface area contributed by atoms with Gasteiger partial charge in [-0.25, -0.2) is 9.48 Å². The summed E-state index contributed by atoms with van der Waals surface area (Å²) in [5.74, 6) is 0.153. The lowest BCUT2D eigenvalue weighted by atomic mass is 10.1. The van der Waals surface area contributed by atoms with Gasteiger partial charge in [0.25, 0.3) is 0 Å². The van der Waals surface area contributed by atoms with Gasteiger partial charge < -0.3 is 9.84 Å². The number of hydrogen-bond donors (Lipinski definition) is 1. The van der Waals surface area contributed by atoms with Gasteiger partial charge in [-0.3, -0.25) is 0 Å². The molecule has 0 atom stereocenters. The number of rotatable bonds is 8. The average Bonchev–Trinajstić information content (AvgIpc) is 2.88. The molecule has 0 saturated carbocycles. The minimum absolute atomic E-state index is 0.0538. The Morgan fingerprint density at radius 2 is 2.00 bits per heavy atom. The number of aromatic carboxylic acids is 1. The van der Waals surface area contributed by atoms with Crippen molar-refractivity contribution >= 4 is 5.97 Å². The first-order valence-corrected chi connectivity index (χ1v) is 7.82. The second-order valence-electron chi connectivity index (χ2n) is 6.03. The summed E-state index contributed by atoms with van der Waals surface area (Å²) in [5, 5.41) is 17.0. The summed E-state index contributed by atoms with van der Waals surface area (Å²) in [4.78, 5) is 11.2. The number of benzene rings is 1. The summed E-state index contributed by atoms with van der Waals surface area (Å²) in [6.07, 6.45) is 1.38. The smallest absolute Gasteiger partial charge is 0.358 e. The number of hydrogen-bond acceptors (Lipinski definition) is 4. The Labute approximate surface area is 136 Å². The highest BCUT2D eigenvalue weighted by atomic mass is 16.5. The minimum Gasteiger partial charge on any atom is -0.494 e. The fourth-order valence-electron chi connectivity index (χ4n) is 2.31. The quantitative estimate of drug-likeness (QED) is 0.757. The molecule has 6 heteroatoms. The van der Waals surface area contributed by atoms with Crippen molar-refractivity contribution in [3.8, 4) is 5.75 Å². The highest BCUT2D eigenvalue weighted by Gasteiger charge is 2.19. The van der Waals surface area contributed by atoms with Crippen molar-refractivity contribution in [1.82, 2.24) is 15.0 Å². The molecule has 0 amide bonds.